The van der Waals surface area contributed by atoms with Gasteiger partial charge in [-0.05, 0) is 104 Å². The maximum Gasteiger partial charge on any atom is 0.297 e. The lowest BCUT2D eigenvalue weighted by atomic mass is 9.59. The van der Waals surface area contributed by atoms with Gasteiger partial charge in [-0.25, -0.2) is 13.1 Å². The zero-order valence-corrected chi connectivity index (χ0v) is 41.4. The Bertz CT molecular complexity index is 3080. The third-order valence-electron chi connectivity index (χ3n) is 17.1. The molecule has 3 aromatic carbocycles. The Labute approximate surface area is 418 Å². The average molecular weight is 1000 g/mol. The standard InChI is InChI=1S/C53H61N9O9S/c1-31(2)39-6-3-4-7-40(39)42-8-5-15-60(42)36-23-53(24-36)12-16-58(17-13-53)34-9-10-41(43(20-34)61-45-18-32-11-14-54-50(32)56-52(45)71-48-30-68-29-46(48)61)51(63)57-72(66,67)38-21-44(62(64)65)49-47(22-38)70-27-33(55-49)25-59-26-37-19-35(59)28-69-37/h3-4,6-7,9-11,14,18,20-22,31,33,35-37,42,46,48,55H,5,8,12-13,15-17,19,23-30H2,1-2H3,(H,54,56)(H,57,63)/t33-,35+,37+,42-,46-,48-/m0/s1. The lowest BCUT2D eigenvalue weighted by Gasteiger charge is -2.56. The Balaban J connectivity index is 0.778. The van der Waals surface area contributed by atoms with E-state index in [1.165, 1.54) is 42.9 Å². The van der Waals surface area contributed by atoms with Gasteiger partial charge in [0.2, 0.25) is 5.88 Å². The molecule has 6 atom stereocenters. The van der Waals surface area contributed by atoms with Gasteiger partial charge >= 0.3 is 0 Å². The number of nitro benzene ring substituents is 1. The molecule has 13 rings (SSSR count). The second-order valence-electron chi connectivity index (χ2n) is 21.7. The molecule has 1 aliphatic carbocycles. The van der Waals surface area contributed by atoms with Crippen molar-refractivity contribution < 1.29 is 37.1 Å². The largest absolute Gasteiger partial charge is 0.489 e. The number of H-pyrrole nitrogens is 1. The fraction of sp³-hybridized carbons (Fsp3) is 0.509. The number of pyridine rings is 1. The van der Waals surface area contributed by atoms with Crippen molar-refractivity contribution in [1.82, 2.24) is 24.5 Å². The summed E-state index contributed by atoms with van der Waals surface area (Å²) in [5, 5.41) is 16.7. The maximum absolute atomic E-state index is 14.8. The SMILES string of the molecule is CC(C)c1ccccc1[C@@H]1CCCN1C1CC2(CCN(c3ccc(C(=O)NS(=O)(=O)c4cc5c(c([N+](=O)[O-])c4)N[C@@H](CN4C[C@H]6C[C@@H]4CO6)CO5)c(N4c5cc6cc[nH]c6nc5O[C@H]5COC[C@@H]54)c3)CC2)C1. The number of hydrogen-bond donors (Lipinski definition) is 3. The number of hydrogen-bond acceptors (Lipinski definition) is 15. The van der Waals surface area contributed by atoms with Crippen LogP contribution in [-0.4, -0.2) is 135 Å². The predicted octanol–water partition coefficient (Wildman–Crippen LogP) is 7.24. The fourth-order valence-corrected chi connectivity index (χ4v) is 14.4. The lowest BCUT2D eigenvalue weighted by Crippen LogP contribution is -2.55. The zero-order chi connectivity index (χ0) is 49.0. The fourth-order valence-electron chi connectivity index (χ4n) is 13.4. The minimum Gasteiger partial charge on any atom is -0.489 e. The number of anilines is 4. The summed E-state index contributed by atoms with van der Waals surface area (Å²) < 4.78 is 55.2. The second-order valence-corrected chi connectivity index (χ2v) is 23.4. The smallest absolute Gasteiger partial charge is 0.297 e. The van der Waals surface area contributed by atoms with Gasteiger partial charge in [0.25, 0.3) is 21.6 Å². The topological polar surface area (TPSA) is 197 Å². The van der Waals surface area contributed by atoms with Crippen molar-refractivity contribution in [3.8, 4) is 11.6 Å². The number of piperidine rings is 1. The van der Waals surface area contributed by atoms with Gasteiger partial charge in [0.05, 0.1) is 59.1 Å². The number of aromatic amines is 1. The molecule has 7 aliphatic heterocycles. The van der Waals surface area contributed by atoms with Crippen LogP contribution in [0.15, 0.2) is 77.8 Å². The highest BCUT2D eigenvalue weighted by Crippen LogP contribution is 2.55. The van der Waals surface area contributed by atoms with Crippen LogP contribution in [0.3, 0.4) is 0 Å². The molecule has 0 unspecified atom stereocenters. The number of carbonyl (C=O) groups excluding carboxylic acids is 1. The van der Waals surface area contributed by atoms with Gasteiger partial charge in [-0.2, -0.15) is 4.98 Å². The van der Waals surface area contributed by atoms with Crippen LogP contribution >= 0.6 is 0 Å². The molecule has 5 saturated heterocycles. The number of fused-ring (bicyclic) bond motifs is 6. The van der Waals surface area contributed by atoms with Gasteiger partial charge in [0, 0.05) is 73.7 Å². The van der Waals surface area contributed by atoms with Crippen LogP contribution in [0.25, 0.3) is 11.0 Å². The molecular formula is C53H61N9O9S. The first-order valence-electron chi connectivity index (χ1n) is 25.8. The molecular weight excluding hydrogens is 939 g/mol. The third kappa shape index (κ3) is 7.93. The summed E-state index contributed by atoms with van der Waals surface area (Å²) in [5.74, 6) is -0.0142. The number of amides is 1. The maximum atomic E-state index is 14.8. The quantitative estimate of drug-likeness (QED) is 0.0884. The Morgan fingerprint density at radius 1 is 0.986 bits per heavy atom. The van der Waals surface area contributed by atoms with Gasteiger partial charge in [-0.1, -0.05) is 38.1 Å². The molecule has 72 heavy (non-hydrogen) atoms. The third-order valence-corrected chi connectivity index (χ3v) is 18.4. The van der Waals surface area contributed by atoms with Crippen molar-refractivity contribution in [2.45, 2.75) is 112 Å². The van der Waals surface area contributed by atoms with Gasteiger partial charge in [-0.15, -0.1) is 0 Å². The molecule has 2 bridgehead atoms. The number of likely N-dealkylation sites (tertiary alicyclic amines) is 2. The molecule has 2 aromatic heterocycles. The number of morpholine rings is 1. The Hall–Kier alpha value is -5.99. The van der Waals surface area contributed by atoms with Crippen LogP contribution in [0, 0.1) is 15.5 Å². The first kappa shape index (κ1) is 45.8. The van der Waals surface area contributed by atoms with E-state index < -0.39 is 37.5 Å². The molecule has 378 valence electrons. The van der Waals surface area contributed by atoms with Crippen LogP contribution in [0.2, 0.25) is 0 Å². The second kappa shape index (κ2) is 17.6. The predicted molar refractivity (Wildman–Crippen MR) is 270 cm³/mol. The van der Waals surface area contributed by atoms with Gasteiger partial charge in [0.15, 0.2) is 11.4 Å². The zero-order valence-electron chi connectivity index (χ0n) is 40.6. The van der Waals surface area contributed by atoms with Gasteiger partial charge in [-0.3, -0.25) is 24.7 Å². The highest BCUT2D eigenvalue weighted by Gasteiger charge is 2.51. The Kier molecular flexibility index (Phi) is 11.2. The highest BCUT2D eigenvalue weighted by molar-refractivity contribution is 7.90. The van der Waals surface area contributed by atoms with E-state index in [0.29, 0.717) is 73.3 Å². The van der Waals surface area contributed by atoms with Crippen molar-refractivity contribution in [3.05, 3.63) is 99.7 Å². The van der Waals surface area contributed by atoms with Crippen molar-refractivity contribution in [3.63, 3.8) is 0 Å². The van der Waals surface area contributed by atoms with Crippen molar-refractivity contribution in [2.24, 2.45) is 5.41 Å². The molecule has 5 aromatic rings. The highest BCUT2D eigenvalue weighted by atomic mass is 32.2. The van der Waals surface area contributed by atoms with E-state index in [1.54, 1.807) is 6.07 Å². The summed E-state index contributed by atoms with van der Waals surface area (Å²) in [6.45, 7) is 10.2. The van der Waals surface area contributed by atoms with Crippen LogP contribution in [-0.2, 0) is 19.5 Å². The number of nitrogens with zero attached hydrogens (tertiary/aromatic N) is 6. The van der Waals surface area contributed by atoms with Crippen molar-refractivity contribution in [2.75, 3.05) is 74.3 Å². The molecule has 0 radical (unpaired) electrons. The number of ether oxygens (including phenoxy) is 4. The Morgan fingerprint density at radius 3 is 2.62 bits per heavy atom. The van der Waals surface area contributed by atoms with E-state index in [0.717, 1.165) is 62.6 Å². The number of aromatic nitrogens is 2. The average Bonchev–Trinajstić information content (AvgIpc) is 4.24. The molecule has 9 heterocycles. The number of rotatable bonds is 11. The van der Waals surface area contributed by atoms with Gasteiger partial charge in [0.1, 0.15) is 24.0 Å². The van der Waals surface area contributed by atoms with E-state index in [-0.39, 0.29) is 47.2 Å². The van der Waals surface area contributed by atoms with Crippen LogP contribution in [0.1, 0.15) is 92.2 Å². The van der Waals surface area contributed by atoms with E-state index in [2.05, 4.69) is 67.8 Å². The molecule has 18 nitrogen and oxygen atoms in total. The first-order chi connectivity index (χ1) is 34.9. The van der Waals surface area contributed by atoms with E-state index >= 15 is 0 Å². The van der Waals surface area contributed by atoms with E-state index in [1.807, 2.05) is 35.4 Å². The summed E-state index contributed by atoms with van der Waals surface area (Å²) >= 11 is 0. The number of benzene rings is 3. The summed E-state index contributed by atoms with van der Waals surface area (Å²) in [6.07, 6.45) is 9.47. The normalized spacial score (nSPS) is 26.8. The summed E-state index contributed by atoms with van der Waals surface area (Å²) in [4.78, 5) is 43.7. The van der Waals surface area contributed by atoms with Crippen molar-refractivity contribution >= 4 is 55.4 Å². The minimum absolute atomic E-state index is 0.0266. The summed E-state index contributed by atoms with van der Waals surface area (Å²) in [5.41, 5.74) is 5.64. The van der Waals surface area contributed by atoms with E-state index in [4.69, 9.17) is 23.9 Å². The first-order valence-corrected chi connectivity index (χ1v) is 27.3. The summed E-state index contributed by atoms with van der Waals surface area (Å²) in [6, 6.07) is 21.4. The van der Waals surface area contributed by atoms with Crippen LogP contribution in [0.5, 0.6) is 11.6 Å². The van der Waals surface area contributed by atoms with Crippen molar-refractivity contribution in [1.29, 1.82) is 0 Å². The number of nitrogens with one attached hydrogen (secondary N) is 3. The lowest BCUT2D eigenvalue weighted by molar-refractivity contribution is -0.384. The molecule has 8 aliphatic rings. The van der Waals surface area contributed by atoms with Crippen LogP contribution in [0.4, 0.5) is 28.4 Å². The van der Waals surface area contributed by atoms with Gasteiger partial charge < -0.3 is 39.0 Å². The summed E-state index contributed by atoms with van der Waals surface area (Å²) in [7, 11) is -4.69. The molecule has 3 N–H and O–H groups in total. The number of nitro groups is 1. The Morgan fingerprint density at radius 2 is 1.83 bits per heavy atom. The molecule has 1 spiro atoms. The minimum atomic E-state index is -4.69. The molecule has 1 amide bonds. The molecule has 1 saturated carbocycles. The number of sulfonamides is 1. The van der Waals surface area contributed by atoms with E-state index in [9.17, 15) is 23.3 Å². The number of carbonyl (C=O) groups is 1. The van der Waals surface area contributed by atoms with Crippen LogP contribution < -0.4 is 29.3 Å². The molecule has 6 fully saturated rings. The molecule has 19 heteroatoms. The monoisotopic (exact) mass is 999 g/mol.